The van der Waals surface area contributed by atoms with Crippen LogP contribution in [0.1, 0.15) is 11.1 Å². The summed E-state index contributed by atoms with van der Waals surface area (Å²) in [5, 5.41) is 3.05. The third-order valence-corrected chi connectivity index (χ3v) is 2.65. The summed E-state index contributed by atoms with van der Waals surface area (Å²) in [6, 6.07) is 17.7. The minimum absolute atomic E-state index is 0.333. The van der Waals surface area contributed by atoms with Gasteiger partial charge >= 0.3 is 0 Å². The number of nitrogens with zero attached hydrogens (tertiary/aromatic N) is 1. The predicted molar refractivity (Wildman–Crippen MR) is 81.9 cm³/mol. The molecule has 0 aliphatic carbocycles. The SMILES string of the molecule is C=C(N=C(N)Nc1cccc(C)c1)c1ccccc1. The van der Waals surface area contributed by atoms with Crippen LogP contribution in [0, 0.1) is 6.92 Å². The molecule has 0 spiro atoms. The van der Waals surface area contributed by atoms with Crippen molar-refractivity contribution in [2.45, 2.75) is 6.92 Å². The van der Waals surface area contributed by atoms with Crippen LogP contribution in [0.5, 0.6) is 0 Å². The van der Waals surface area contributed by atoms with Crippen molar-refractivity contribution in [1.82, 2.24) is 0 Å². The molecule has 2 aromatic rings. The van der Waals surface area contributed by atoms with Crippen molar-refractivity contribution in [3.63, 3.8) is 0 Å². The minimum Gasteiger partial charge on any atom is -0.369 e. The first-order valence-corrected chi connectivity index (χ1v) is 6.07. The number of hydrogen-bond acceptors (Lipinski definition) is 1. The second-order valence-electron chi connectivity index (χ2n) is 4.30. The molecule has 0 fully saturated rings. The van der Waals surface area contributed by atoms with Crippen LogP contribution in [-0.4, -0.2) is 5.96 Å². The van der Waals surface area contributed by atoms with Gasteiger partial charge in [0.25, 0.3) is 0 Å². The standard InChI is InChI=1S/C16H17N3/c1-12-7-6-10-15(11-12)19-16(17)18-13(2)14-8-4-3-5-9-14/h3-11H,2H2,1H3,(H3,17,18,19). The van der Waals surface area contributed by atoms with E-state index in [2.05, 4.69) is 16.9 Å². The van der Waals surface area contributed by atoms with Crippen molar-refractivity contribution in [3.8, 4) is 0 Å². The largest absolute Gasteiger partial charge is 0.369 e. The summed E-state index contributed by atoms with van der Waals surface area (Å²) in [7, 11) is 0. The number of nitrogens with two attached hydrogens (primary N) is 1. The van der Waals surface area contributed by atoms with Crippen LogP contribution in [-0.2, 0) is 0 Å². The van der Waals surface area contributed by atoms with E-state index in [1.54, 1.807) is 0 Å². The van der Waals surface area contributed by atoms with Crippen LogP contribution in [0.25, 0.3) is 5.70 Å². The monoisotopic (exact) mass is 251 g/mol. The molecule has 2 aromatic carbocycles. The van der Waals surface area contributed by atoms with Gasteiger partial charge < -0.3 is 11.1 Å². The number of rotatable bonds is 3. The second kappa shape index (κ2) is 5.87. The predicted octanol–water partition coefficient (Wildman–Crippen LogP) is 3.39. The summed E-state index contributed by atoms with van der Waals surface area (Å²) in [5.74, 6) is 0.333. The molecule has 0 aliphatic heterocycles. The zero-order valence-corrected chi connectivity index (χ0v) is 10.9. The molecule has 19 heavy (non-hydrogen) atoms. The van der Waals surface area contributed by atoms with Crippen molar-refractivity contribution in [2.24, 2.45) is 10.7 Å². The molecule has 0 aliphatic rings. The maximum atomic E-state index is 5.87. The van der Waals surface area contributed by atoms with E-state index in [-0.39, 0.29) is 0 Å². The summed E-state index contributed by atoms with van der Waals surface area (Å²) >= 11 is 0. The summed E-state index contributed by atoms with van der Waals surface area (Å²) in [4.78, 5) is 4.26. The van der Waals surface area contributed by atoms with Gasteiger partial charge in [0.05, 0.1) is 5.70 Å². The third-order valence-electron chi connectivity index (χ3n) is 2.65. The Hall–Kier alpha value is -2.55. The average molecular weight is 251 g/mol. The van der Waals surface area contributed by atoms with Crippen LogP contribution in [0.2, 0.25) is 0 Å². The molecule has 0 unspecified atom stereocenters. The molecule has 0 aromatic heterocycles. The summed E-state index contributed by atoms with van der Waals surface area (Å²) in [5.41, 5.74) is 9.55. The fourth-order valence-corrected chi connectivity index (χ4v) is 1.74. The van der Waals surface area contributed by atoms with Crippen LogP contribution in [0.15, 0.2) is 66.2 Å². The van der Waals surface area contributed by atoms with Gasteiger partial charge in [0.15, 0.2) is 5.96 Å². The van der Waals surface area contributed by atoms with E-state index in [1.807, 2.05) is 61.5 Å². The zero-order chi connectivity index (χ0) is 13.7. The highest BCUT2D eigenvalue weighted by atomic mass is 15.1. The van der Waals surface area contributed by atoms with Crippen molar-refractivity contribution < 1.29 is 0 Å². The summed E-state index contributed by atoms with van der Waals surface area (Å²) in [6.07, 6.45) is 0. The number of hydrogen-bond donors (Lipinski definition) is 2. The normalized spacial score (nSPS) is 11.1. The molecule has 3 N–H and O–H groups in total. The van der Waals surface area contributed by atoms with Gasteiger partial charge in [-0.1, -0.05) is 49.0 Å². The van der Waals surface area contributed by atoms with Crippen LogP contribution >= 0.6 is 0 Å². The maximum absolute atomic E-state index is 5.87. The van der Waals surface area contributed by atoms with Crippen molar-refractivity contribution in [2.75, 3.05) is 5.32 Å². The van der Waals surface area contributed by atoms with Crippen molar-refractivity contribution >= 4 is 17.3 Å². The van der Waals surface area contributed by atoms with E-state index in [9.17, 15) is 0 Å². The first-order chi connectivity index (χ1) is 9.15. The highest BCUT2D eigenvalue weighted by molar-refractivity contribution is 5.95. The van der Waals surface area contributed by atoms with Gasteiger partial charge in [-0.25, -0.2) is 4.99 Å². The lowest BCUT2D eigenvalue weighted by molar-refractivity contribution is 1.42. The number of aryl methyl sites for hydroxylation is 1. The Morgan fingerprint density at radius 2 is 1.84 bits per heavy atom. The maximum Gasteiger partial charge on any atom is 0.198 e. The van der Waals surface area contributed by atoms with Crippen molar-refractivity contribution in [3.05, 3.63) is 72.3 Å². The first kappa shape index (κ1) is 12.9. The molecule has 3 nitrogen and oxygen atoms in total. The fourth-order valence-electron chi connectivity index (χ4n) is 1.74. The van der Waals surface area contributed by atoms with E-state index in [1.165, 1.54) is 5.56 Å². The fraction of sp³-hybridized carbons (Fsp3) is 0.0625. The quantitative estimate of drug-likeness (QED) is 0.649. The van der Waals surface area contributed by atoms with Gasteiger partial charge in [0, 0.05) is 5.69 Å². The lowest BCUT2D eigenvalue weighted by atomic mass is 10.2. The minimum atomic E-state index is 0.333. The highest BCUT2D eigenvalue weighted by Gasteiger charge is 1.99. The molecular weight excluding hydrogens is 234 g/mol. The smallest absolute Gasteiger partial charge is 0.198 e. The molecular formula is C16H17N3. The average Bonchev–Trinajstić information content (AvgIpc) is 2.39. The van der Waals surface area contributed by atoms with E-state index in [0.717, 1.165) is 11.3 Å². The highest BCUT2D eigenvalue weighted by Crippen LogP contribution is 2.13. The van der Waals surface area contributed by atoms with Crippen LogP contribution in [0.3, 0.4) is 0 Å². The zero-order valence-electron chi connectivity index (χ0n) is 10.9. The molecule has 96 valence electrons. The molecule has 2 rings (SSSR count). The Morgan fingerprint density at radius 1 is 1.11 bits per heavy atom. The Balaban J connectivity index is 2.09. The molecule has 0 atom stereocenters. The van der Waals surface area contributed by atoms with Gasteiger partial charge in [-0.2, -0.15) is 0 Å². The van der Waals surface area contributed by atoms with Gasteiger partial charge in [-0.05, 0) is 30.2 Å². The van der Waals surface area contributed by atoms with E-state index < -0.39 is 0 Å². The van der Waals surface area contributed by atoms with Gasteiger partial charge in [0.1, 0.15) is 0 Å². The third kappa shape index (κ3) is 3.71. The molecule has 0 radical (unpaired) electrons. The molecule has 0 amide bonds. The molecule has 0 heterocycles. The second-order valence-corrected chi connectivity index (χ2v) is 4.30. The molecule has 0 saturated heterocycles. The Kier molecular flexibility index (Phi) is 3.98. The van der Waals surface area contributed by atoms with Crippen LogP contribution < -0.4 is 11.1 Å². The number of anilines is 1. The van der Waals surface area contributed by atoms with Gasteiger partial charge in [0.2, 0.25) is 0 Å². The molecule has 0 bridgehead atoms. The Bertz CT molecular complexity index is 600. The summed E-state index contributed by atoms with van der Waals surface area (Å²) in [6.45, 7) is 5.95. The first-order valence-electron chi connectivity index (χ1n) is 6.07. The lowest BCUT2D eigenvalue weighted by Crippen LogP contribution is -2.22. The Morgan fingerprint density at radius 3 is 2.53 bits per heavy atom. The van der Waals surface area contributed by atoms with Crippen LogP contribution in [0.4, 0.5) is 5.69 Å². The van der Waals surface area contributed by atoms with Crippen molar-refractivity contribution in [1.29, 1.82) is 0 Å². The number of nitrogens with one attached hydrogen (secondary N) is 1. The topological polar surface area (TPSA) is 50.4 Å². The van der Waals surface area contributed by atoms with Gasteiger partial charge in [-0.3, -0.25) is 0 Å². The van der Waals surface area contributed by atoms with E-state index in [0.29, 0.717) is 11.7 Å². The Labute approximate surface area is 113 Å². The number of benzene rings is 2. The number of aliphatic imine (C=N–C) groups is 1. The van der Waals surface area contributed by atoms with E-state index in [4.69, 9.17) is 5.73 Å². The van der Waals surface area contributed by atoms with E-state index >= 15 is 0 Å². The summed E-state index contributed by atoms with van der Waals surface area (Å²) < 4.78 is 0. The van der Waals surface area contributed by atoms with Gasteiger partial charge in [-0.15, -0.1) is 0 Å². The molecule has 0 saturated carbocycles. The lowest BCUT2D eigenvalue weighted by Gasteiger charge is -2.07. The molecule has 3 heteroatoms. The number of guanidine groups is 1.